The number of hydrogen-bond acceptors (Lipinski definition) is 3. The topological polar surface area (TPSA) is 59.0 Å². The molecule has 0 spiro atoms. The number of carbonyl (C=O) groups is 1. The molecule has 2 saturated carbocycles. The van der Waals surface area contributed by atoms with Gasteiger partial charge in [0.25, 0.3) is 0 Å². The van der Waals surface area contributed by atoms with Gasteiger partial charge >= 0.3 is 6.03 Å². The van der Waals surface area contributed by atoms with Crippen LogP contribution in [0.2, 0.25) is 0 Å². The minimum atomic E-state index is -0.0975. The fourth-order valence-corrected chi connectivity index (χ4v) is 3.74. The first-order chi connectivity index (χ1) is 11.2. The Morgan fingerprint density at radius 2 is 2.13 bits per heavy atom. The van der Waals surface area contributed by atoms with E-state index in [1.165, 1.54) is 31.2 Å². The molecule has 23 heavy (non-hydrogen) atoms. The van der Waals surface area contributed by atoms with Crippen LogP contribution >= 0.6 is 11.8 Å². The third-order valence-electron chi connectivity index (χ3n) is 4.80. The Bertz CT molecular complexity index is 733. The van der Waals surface area contributed by atoms with Crippen molar-refractivity contribution in [2.45, 2.75) is 43.0 Å². The van der Waals surface area contributed by atoms with Gasteiger partial charge in [-0.3, -0.25) is 0 Å². The maximum absolute atomic E-state index is 12.1. The number of carbonyl (C=O) groups excluding carboxylic acids is 1. The zero-order valence-electron chi connectivity index (χ0n) is 13.3. The molecule has 2 aromatic rings. The van der Waals surface area contributed by atoms with Crippen molar-refractivity contribution in [3.05, 3.63) is 30.1 Å². The molecule has 0 aliphatic heterocycles. The molecule has 122 valence electrons. The average Bonchev–Trinajstić information content (AvgIpc) is 3.49. The molecule has 2 aliphatic rings. The molecule has 2 amide bonds. The van der Waals surface area contributed by atoms with Gasteiger partial charge in [0.15, 0.2) is 0 Å². The van der Waals surface area contributed by atoms with Crippen molar-refractivity contribution >= 4 is 28.8 Å². The van der Waals surface area contributed by atoms with Crippen LogP contribution in [0.25, 0.3) is 11.0 Å². The minimum absolute atomic E-state index is 0.0975. The van der Waals surface area contributed by atoms with E-state index in [0.29, 0.717) is 17.3 Å². The van der Waals surface area contributed by atoms with Gasteiger partial charge in [-0.15, -0.1) is 0 Å². The lowest BCUT2D eigenvalue weighted by Gasteiger charge is -2.14. The Morgan fingerprint density at radius 1 is 1.35 bits per heavy atom. The number of imidazole rings is 1. The van der Waals surface area contributed by atoms with Crippen molar-refractivity contribution in [2.24, 2.45) is 0 Å². The Kier molecular flexibility index (Phi) is 3.71. The van der Waals surface area contributed by atoms with Crippen LogP contribution in [-0.4, -0.2) is 33.1 Å². The summed E-state index contributed by atoms with van der Waals surface area (Å²) in [6.07, 6.45) is 6.92. The lowest BCUT2D eigenvalue weighted by molar-refractivity contribution is 0.240. The Hall–Kier alpha value is -1.69. The maximum Gasteiger partial charge on any atom is 0.315 e. The van der Waals surface area contributed by atoms with Crippen LogP contribution in [0.3, 0.4) is 0 Å². The molecule has 0 unspecified atom stereocenters. The van der Waals surface area contributed by atoms with E-state index in [4.69, 9.17) is 4.98 Å². The molecule has 1 aromatic heterocycles. The number of benzene rings is 1. The van der Waals surface area contributed by atoms with Crippen LogP contribution in [0.5, 0.6) is 0 Å². The Labute approximate surface area is 140 Å². The number of aromatic nitrogens is 2. The molecule has 6 heteroatoms. The van der Waals surface area contributed by atoms with Gasteiger partial charge < -0.3 is 15.2 Å². The molecule has 0 saturated heterocycles. The van der Waals surface area contributed by atoms with Crippen molar-refractivity contribution < 1.29 is 4.79 Å². The molecule has 5 nitrogen and oxygen atoms in total. The molecule has 1 aromatic carbocycles. The predicted molar refractivity (Wildman–Crippen MR) is 93.7 cm³/mol. The smallest absolute Gasteiger partial charge is 0.315 e. The second kappa shape index (κ2) is 5.74. The number of para-hydroxylation sites is 2. The van der Waals surface area contributed by atoms with Gasteiger partial charge in [0, 0.05) is 17.3 Å². The van der Waals surface area contributed by atoms with E-state index in [9.17, 15) is 4.79 Å². The first-order valence-corrected chi connectivity index (χ1v) is 9.46. The third-order valence-corrected chi connectivity index (χ3v) is 6.22. The number of nitrogens with one attached hydrogen (secondary N) is 2. The first kappa shape index (κ1) is 14.9. The van der Waals surface area contributed by atoms with Gasteiger partial charge in [-0.05, 0) is 44.1 Å². The highest BCUT2D eigenvalue weighted by molar-refractivity contribution is 8.00. The predicted octanol–water partition coefficient (Wildman–Crippen LogP) is 3.07. The largest absolute Gasteiger partial charge is 0.337 e. The summed E-state index contributed by atoms with van der Waals surface area (Å²) in [5, 5.41) is 5.96. The van der Waals surface area contributed by atoms with Crippen molar-refractivity contribution in [2.75, 3.05) is 12.8 Å². The van der Waals surface area contributed by atoms with E-state index in [1.807, 2.05) is 30.0 Å². The standard InChI is InChI=1S/C17H22N4OS/c1-23-17(8-9-17)11-19-16(22)18-10-15-20-13-4-2-3-5-14(13)21(15)12-6-7-12/h2-5,12H,6-11H2,1H3,(H2,18,19,22). The van der Waals surface area contributed by atoms with E-state index >= 15 is 0 Å². The summed E-state index contributed by atoms with van der Waals surface area (Å²) in [7, 11) is 0. The molecule has 1 heterocycles. The van der Waals surface area contributed by atoms with E-state index in [-0.39, 0.29) is 6.03 Å². The van der Waals surface area contributed by atoms with Gasteiger partial charge in [0.2, 0.25) is 0 Å². The van der Waals surface area contributed by atoms with Crippen molar-refractivity contribution in [3.8, 4) is 0 Å². The first-order valence-electron chi connectivity index (χ1n) is 8.23. The molecular weight excluding hydrogens is 308 g/mol. The molecule has 0 bridgehead atoms. The lowest BCUT2D eigenvalue weighted by atomic mass is 10.3. The molecule has 0 radical (unpaired) electrons. The molecule has 0 atom stereocenters. The summed E-state index contributed by atoms with van der Waals surface area (Å²) in [5.41, 5.74) is 2.18. The lowest BCUT2D eigenvalue weighted by Crippen LogP contribution is -2.39. The fourth-order valence-electron chi connectivity index (χ4n) is 3.01. The second-order valence-corrected chi connectivity index (χ2v) is 7.82. The highest BCUT2D eigenvalue weighted by atomic mass is 32.2. The van der Waals surface area contributed by atoms with E-state index in [1.54, 1.807) is 0 Å². The van der Waals surface area contributed by atoms with E-state index in [2.05, 4.69) is 27.5 Å². The van der Waals surface area contributed by atoms with Crippen molar-refractivity contribution in [1.82, 2.24) is 20.2 Å². The van der Waals surface area contributed by atoms with Crippen LogP contribution in [0, 0.1) is 0 Å². The van der Waals surface area contributed by atoms with Crippen LogP contribution in [0.4, 0.5) is 4.79 Å². The zero-order chi connectivity index (χ0) is 15.9. The Morgan fingerprint density at radius 3 is 2.83 bits per heavy atom. The number of fused-ring (bicyclic) bond motifs is 1. The van der Waals surface area contributed by atoms with Crippen LogP contribution in [0.15, 0.2) is 24.3 Å². The number of hydrogen-bond donors (Lipinski definition) is 2. The number of nitrogens with zero attached hydrogens (tertiary/aromatic N) is 2. The minimum Gasteiger partial charge on any atom is -0.337 e. The zero-order valence-corrected chi connectivity index (χ0v) is 14.2. The molecule has 2 fully saturated rings. The third kappa shape index (κ3) is 3.04. The number of urea groups is 1. The molecule has 2 N–H and O–H groups in total. The quantitative estimate of drug-likeness (QED) is 0.856. The van der Waals surface area contributed by atoms with Gasteiger partial charge in [0.05, 0.1) is 17.6 Å². The molecule has 2 aliphatic carbocycles. The number of amides is 2. The van der Waals surface area contributed by atoms with E-state index in [0.717, 1.165) is 17.9 Å². The molecule has 4 rings (SSSR count). The summed E-state index contributed by atoms with van der Waals surface area (Å²) in [4.78, 5) is 16.7. The number of rotatable bonds is 6. The van der Waals surface area contributed by atoms with Crippen LogP contribution in [0.1, 0.15) is 37.5 Å². The summed E-state index contributed by atoms with van der Waals surface area (Å²) in [6, 6.07) is 8.65. The normalized spacial score (nSPS) is 18.8. The van der Waals surface area contributed by atoms with E-state index < -0.39 is 0 Å². The average molecular weight is 330 g/mol. The second-order valence-electron chi connectivity index (χ2n) is 6.54. The number of thioether (sulfide) groups is 1. The highest BCUT2D eigenvalue weighted by Gasteiger charge is 2.41. The van der Waals surface area contributed by atoms with Crippen LogP contribution < -0.4 is 10.6 Å². The fraction of sp³-hybridized carbons (Fsp3) is 0.529. The van der Waals surface area contributed by atoms with Gasteiger partial charge in [-0.1, -0.05) is 12.1 Å². The van der Waals surface area contributed by atoms with Crippen molar-refractivity contribution in [3.63, 3.8) is 0 Å². The Balaban J connectivity index is 1.41. The summed E-state index contributed by atoms with van der Waals surface area (Å²) < 4.78 is 2.58. The summed E-state index contributed by atoms with van der Waals surface area (Å²) >= 11 is 1.85. The summed E-state index contributed by atoms with van der Waals surface area (Å²) in [5.74, 6) is 0.954. The van der Waals surface area contributed by atoms with Gasteiger partial charge in [-0.2, -0.15) is 11.8 Å². The van der Waals surface area contributed by atoms with Gasteiger partial charge in [-0.25, -0.2) is 9.78 Å². The van der Waals surface area contributed by atoms with Gasteiger partial charge in [0.1, 0.15) is 5.82 Å². The van der Waals surface area contributed by atoms with Crippen molar-refractivity contribution in [1.29, 1.82) is 0 Å². The SMILES string of the molecule is CSC1(CNC(=O)NCc2nc3ccccc3n2C2CC2)CC1. The molecular formula is C17H22N4OS. The van der Waals surface area contributed by atoms with Crippen LogP contribution in [-0.2, 0) is 6.54 Å². The maximum atomic E-state index is 12.1. The summed E-state index contributed by atoms with van der Waals surface area (Å²) in [6.45, 7) is 1.22. The monoisotopic (exact) mass is 330 g/mol. The highest BCUT2D eigenvalue weighted by Crippen LogP contribution is 2.46.